The van der Waals surface area contributed by atoms with E-state index in [1.54, 1.807) is 22.9 Å². The summed E-state index contributed by atoms with van der Waals surface area (Å²) in [5.74, 6) is 0.474. The van der Waals surface area contributed by atoms with Crippen LogP contribution in [0.25, 0.3) is 61.0 Å². The van der Waals surface area contributed by atoms with Crippen LogP contribution in [0, 0.1) is 0 Å². The number of nitrogens with zero attached hydrogens (tertiary/aromatic N) is 4. The highest BCUT2D eigenvalue weighted by molar-refractivity contribution is 6.11. The van der Waals surface area contributed by atoms with Gasteiger partial charge >= 0.3 is 0 Å². The molecule has 8 aromatic carbocycles. The van der Waals surface area contributed by atoms with Crippen molar-refractivity contribution < 1.29 is 25.3 Å². The van der Waals surface area contributed by atoms with Crippen molar-refractivity contribution in [3.63, 3.8) is 0 Å². The molecule has 5 heteroatoms. The number of benzene rings is 8. The van der Waals surface area contributed by atoms with Crippen LogP contribution in [-0.4, -0.2) is 16.2 Å². The number of aromatic nitrogens is 2. The van der Waals surface area contributed by atoms with Crippen LogP contribution in [0.1, 0.15) is 126 Å². The van der Waals surface area contributed by atoms with E-state index in [0.717, 1.165) is 44.8 Å². The summed E-state index contributed by atoms with van der Waals surface area (Å²) in [5.41, 5.74) is 7.00. The number of rotatable bonds is 8. The number of fused-ring (bicyclic) bond motifs is 4. The molecule has 0 fully saturated rings. The normalized spacial score (nSPS) is 16.0. The van der Waals surface area contributed by atoms with Gasteiger partial charge in [-0.05, 0) is 139 Å². The average Bonchev–Trinajstić information content (AvgIpc) is 1.49. The predicted octanol–water partition coefficient (Wildman–Crippen LogP) is 19.4. The van der Waals surface area contributed by atoms with Gasteiger partial charge in [-0.1, -0.05) is 186 Å². The van der Waals surface area contributed by atoms with Gasteiger partial charge in [0.2, 0.25) is 0 Å². The van der Waals surface area contributed by atoms with Gasteiger partial charge in [0.25, 0.3) is 0 Å². The minimum Gasteiger partial charge on any atom is -0.457 e. The summed E-state index contributed by atoms with van der Waals surface area (Å²) >= 11 is 0. The van der Waals surface area contributed by atoms with Crippen molar-refractivity contribution in [3.8, 4) is 50.7 Å². The SMILES string of the molecule is [2H]c1c([2H])c([2H])c(-c2cc(C(C)(C)C)cc(-c3cc(C(C)(C)C)cc(C(C)(C)C)c3)c2N2CN(c3cccc(Oc4cc5c(c([2H])c4[2H])c4c([2H])c(-c6c([2H])c([2H])c([2H])c([2H])c6[2H])c([2H])c([2H])c4n5-c4cc(C(C)(C)C)ccn4)c3)c3ccccc32)c([2H])c1[2H]. The van der Waals surface area contributed by atoms with Crippen LogP contribution in [-0.2, 0) is 21.7 Å². The molecule has 5 nitrogen and oxygen atoms in total. The van der Waals surface area contributed by atoms with Gasteiger partial charge < -0.3 is 14.5 Å². The molecule has 11 rings (SSSR count). The Balaban J connectivity index is 1.11. The summed E-state index contributed by atoms with van der Waals surface area (Å²) in [4.78, 5) is 8.96. The first-order chi connectivity index (χ1) is 41.9. The summed E-state index contributed by atoms with van der Waals surface area (Å²) < 4.78 is 145. The molecule has 75 heavy (non-hydrogen) atoms. The summed E-state index contributed by atoms with van der Waals surface area (Å²) in [6.45, 7) is 25.6. The van der Waals surface area contributed by atoms with Gasteiger partial charge in [0.1, 0.15) is 24.0 Å². The Morgan fingerprint density at radius 3 is 1.69 bits per heavy atom. The second-order valence-electron chi connectivity index (χ2n) is 23.5. The molecule has 0 unspecified atom stereocenters. The van der Waals surface area contributed by atoms with Crippen LogP contribution < -0.4 is 14.5 Å². The molecule has 0 aliphatic carbocycles. The number of anilines is 4. The topological polar surface area (TPSA) is 33.5 Å². The molecule has 1 aliphatic heterocycles. The molecule has 0 radical (unpaired) electrons. The lowest BCUT2D eigenvalue weighted by atomic mass is 9.77. The van der Waals surface area contributed by atoms with E-state index in [0.29, 0.717) is 16.9 Å². The van der Waals surface area contributed by atoms with Gasteiger partial charge in [-0.15, -0.1) is 0 Å². The Morgan fingerprint density at radius 1 is 0.453 bits per heavy atom. The molecule has 0 atom stereocenters. The zero-order valence-corrected chi connectivity index (χ0v) is 44.7. The van der Waals surface area contributed by atoms with Crippen LogP contribution in [0.15, 0.2) is 194 Å². The molecular weight excluding hydrogens is 913 g/mol. The minimum atomic E-state index is -0.678. The average molecular weight is 998 g/mol. The summed E-state index contributed by atoms with van der Waals surface area (Å²) in [6.07, 6.45) is 1.61. The Kier molecular flexibility index (Phi) is 8.52. The maximum atomic E-state index is 9.78. The van der Waals surface area contributed by atoms with Gasteiger partial charge in [0, 0.05) is 45.9 Å². The van der Waals surface area contributed by atoms with E-state index in [4.69, 9.17) is 20.7 Å². The highest BCUT2D eigenvalue weighted by Gasteiger charge is 2.34. The van der Waals surface area contributed by atoms with Crippen molar-refractivity contribution in [1.29, 1.82) is 0 Å². The van der Waals surface area contributed by atoms with Crippen molar-refractivity contribution in [2.24, 2.45) is 0 Å². The van der Waals surface area contributed by atoms with Crippen molar-refractivity contribution in [1.82, 2.24) is 9.55 Å². The van der Waals surface area contributed by atoms with Gasteiger partial charge in [0.05, 0.1) is 48.7 Å². The minimum absolute atomic E-state index is 0.0125. The predicted molar refractivity (Wildman–Crippen MR) is 318 cm³/mol. The summed E-state index contributed by atoms with van der Waals surface area (Å²) in [7, 11) is 0. The molecule has 2 aromatic heterocycles. The van der Waals surface area contributed by atoms with Crippen LogP contribution in [0.2, 0.25) is 0 Å². The van der Waals surface area contributed by atoms with E-state index in [9.17, 15) is 9.60 Å². The lowest BCUT2D eigenvalue weighted by Crippen LogP contribution is -2.25. The fourth-order valence-electron chi connectivity index (χ4n) is 9.73. The second-order valence-corrected chi connectivity index (χ2v) is 23.5. The molecule has 1 aliphatic rings. The van der Waals surface area contributed by atoms with Crippen molar-refractivity contribution >= 4 is 44.6 Å². The second kappa shape index (κ2) is 18.5. The van der Waals surface area contributed by atoms with E-state index in [1.807, 2.05) is 75.4 Å². The molecule has 0 saturated heterocycles. The number of hydrogen-bond donors (Lipinski definition) is 0. The number of ether oxygens (including phenoxy) is 1. The lowest BCUT2D eigenvalue weighted by Gasteiger charge is -2.31. The molecule has 0 saturated carbocycles. The summed E-state index contributed by atoms with van der Waals surface area (Å²) in [6, 6.07) is 23.4. The maximum Gasteiger partial charge on any atom is 0.137 e. The molecule has 0 bridgehead atoms. The third-order valence-corrected chi connectivity index (χ3v) is 14.0. The van der Waals surface area contributed by atoms with E-state index in [2.05, 4.69) is 96.4 Å². The maximum absolute atomic E-state index is 9.78. The van der Waals surface area contributed by atoms with E-state index in [-0.39, 0.29) is 80.3 Å². The quantitative estimate of drug-likeness (QED) is 0.152. The van der Waals surface area contributed by atoms with E-state index >= 15 is 0 Å². The Morgan fingerprint density at radius 2 is 1.05 bits per heavy atom. The zero-order valence-electron chi connectivity index (χ0n) is 59.7. The standard InChI is InChI=1S/C70H70N4O/c1-67(2,3)50-34-35-71-65(42-50)74-61-33-30-48(46-22-15-13-16-23-46)38-60(61)57-32-31-56(44-64(57)74)75-55-27-21-26-54(43-55)72-45-73(63-29-20-19-28-62(63)72)66-58(47-24-17-14-18-25-47)40-53(70(10,11)12)41-59(66)49-36-51(68(4,5)6)39-52(37-49)69(7,8)9/h13-44H,45H2,1-12H3/i13D,14D,15D,16D,17D,18D,22D,23D,24D,25D,30D,31D,32D,33D,38D. The third kappa shape index (κ3) is 9.50. The van der Waals surface area contributed by atoms with Crippen LogP contribution >= 0.6 is 0 Å². The van der Waals surface area contributed by atoms with Crippen molar-refractivity contribution in [2.75, 3.05) is 16.5 Å². The Hall–Kier alpha value is -7.89. The Labute approximate surface area is 466 Å². The van der Waals surface area contributed by atoms with Gasteiger partial charge in [-0.3, -0.25) is 4.57 Å². The molecule has 376 valence electrons. The van der Waals surface area contributed by atoms with Crippen LogP contribution in [0.3, 0.4) is 0 Å². The first-order valence-electron chi connectivity index (χ1n) is 32.9. The molecule has 0 amide bonds. The highest BCUT2D eigenvalue weighted by atomic mass is 16.5. The lowest BCUT2D eigenvalue weighted by molar-refractivity contribution is 0.483. The zero-order chi connectivity index (χ0) is 65.7. The summed E-state index contributed by atoms with van der Waals surface area (Å²) in [5, 5.41) is -0.0276. The first kappa shape index (κ1) is 34.6. The number of hydrogen-bond acceptors (Lipinski definition) is 4. The molecule has 0 spiro atoms. The largest absolute Gasteiger partial charge is 0.457 e. The van der Waals surface area contributed by atoms with Gasteiger partial charge in [-0.2, -0.15) is 0 Å². The molecule has 0 N–H and O–H groups in total. The third-order valence-electron chi connectivity index (χ3n) is 14.0. The smallest absolute Gasteiger partial charge is 0.137 e. The molecule has 3 heterocycles. The monoisotopic (exact) mass is 998 g/mol. The van der Waals surface area contributed by atoms with Crippen LogP contribution in [0.5, 0.6) is 11.5 Å². The number of para-hydroxylation sites is 2. The van der Waals surface area contributed by atoms with Gasteiger partial charge in [-0.25, -0.2) is 4.98 Å². The van der Waals surface area contributed by atoms with Crippen molar-refractivity contribution in [2.45, 2.75) is 105 Å². The Bertz CT molecular complexity index is 4590. The van der Waals surface area contributed by atoms with Crippen molar-refractivity contribution in [3.05, 3.63) is 216 Å². The molecular formula is C70H70N4O. The van der Waals surface area contributed by atoms with E-state index in [1.165, 1.54) is 6.07 Å². The van der Waals surface area contributed by atoms with E-state index < -0.39 is 94.5 Å². The van der Waals surface area contributed by atoms with Crippen LogP contribution in [0.4, 0.5) is 22.7 Å². The molecule has 10 aromatic rings. The first-order valence-corrected chi connectivity index (χ1v) is 25.4. The fraction of sp³-hybridized carbons (Fsp3) is 0.243. The highest BCUT2D eigenvalue weighted by Crippen LogP contribution is 2.52. The number of pyridine rings is 1. The fourth-order valence-corrected chi connectivity index (χ4v) is 9.73. The van der Waals surface area contributed by atoms with Gasteiger partial charge in [0.15, 0.2) is 0 Å².